The van der Waals surface area contributed by atoms with E-state index in [-0.39, 0.29) is 0 Å². The molecule has 0 spiro atoms. The molecule has 4 heteroatoms. The predicted molar refractivity (Wildman–Crippen MR) is 223 cm³/mol. The van der Waals surface area contributed by atoms with Gasteiger partial charge in [-0.3, -0.25) is 0 Å². The molecule has 0 saturated heterocycles. The van der Waals surface area contributed by atoms with Gasteiger partial charge in [0, 0.05) is 33.4 Å². The Hall–Kier alpha value is -7.30. The van der Waals surface area contributed by atoms with Crippen molar-refractivity contribution >= 4 is 32.3 Å². The molecule has 0 aliphatic carbocycles. The van der Waals surface area contributed by atoms with Crippen LogP contribution in [0, 0.1) is 0 Å². The summed E-state index contributed by atoms with van der Waals surface area (Å²) >= 11 is 0. The van der Waals surface area contributed by atoms with Crippen LogP contribution in [0.25, 0.3) is 100 Å². The summed E-state index contributed by atoms with van der Waals surface area (Å²) < 4.78 is 0. The molecule has 54 heavy (non-hydrogen) atoms. The van der Waals surface area contributed by atoms with E-state index in [1.807, 2.05) is 36.4 Å². The van der Waals surface area contributed by atoms with Gasteiger partial charge in [-0.25, -0.2) is 19.9 Å². The van der Waals surface area contributed by atoms with E-state index in [0.717, 1.165) is 66.9 Å². The third-order valence-electron chi connectivity index (χ3n) is 10.1. The van der Waals surface area contributed by atoms with E-state index in [4.69, 9.17) is 19.9 Å². The van der Waals surface area contributed by atoms with Gasteiger partial charge in [0.05, 0.1) is 22.8 Å². The minimum atomic E-state index is 0.665. The fourth-order valence-corrected chi connectivity index (χ4v) is 7.34. The molecule has 2 aromatic heterocycles. The second-order valence-electron chi connectivity index (χ2n) is 13.5. The van der Waals surface area contributed by atoms with Crippen LogP contribution in [0.3, 0.4) is 0 Å². The smallest absolute Gasteiger partial charge is 0.161 e. The van der Waals surface area contributed by atoms with Gasteiger partial charge in [-0.05, 0) is 56.6 Å². The molecule has 0 aliphatic rings. The molecule has 0 saturated carbocycles. The molecule has 10 rings (SSSR count). The van der Waals surface area contributed by atoms with Crippen LogP contribution in [0.1, 0.15) is 0 Å². The summed E-state index contributed by atoms with van der Waals surface area (Å²) in [4.78, 5) is 20.9. The molecule has 0 unspecified atom stereocenters. The van der Waals surface area contributed by atoms with Crippen molar-refractivity contribution < 1.29 is 0 Å². The Morgan fingerprint density at radius 2 is 0.611 bits per heavy atom. The number of aromatic nitrogens is 4. The zero-order chi connectivity index (χ0) is 35.8. The second-order valence-corrected chi connectivity index (χ2v) is 13.5. The largest absolute Gasteiger partial charge is 0.228 e. The van der Waals surface area contributed by atoms with Gasteiger partial charge in [-0.2, -0.15) is 0 Å². The first-order valence-electron chi connectivity index (χ1n) is 18.1. The van der Waals surface area contributed by atoms with Crippen molar-refractivity contribution in [2.75, 3.05) is 0 Å². The highest BCUT2D eigenvalue weighted by Crippen LogP contribution is 2.37. The van der Waals surface area contributed by atoms with Crippen LogP contribution in [-0.2, 0) is 0 Å². The molecule has 8 aromatic carbocycles. The van der Waals surface area contributed by atoms with Gasteiger partial charge in [0.15, 0.2) is 11.6 Å². The highest BCUT2D eigenvalue weighted by Gasteiger charge is 2.17. The van der Waals surface area contributed by atoms with Crippen LogP contribution in [0.5, 0.6) is 0 Å². The van der Waals surface area contributed by atoms with Gasteiger partial charge < -0.3 is 0 Å². The first kappa shape index (κ1) is 31.4. The van der Waals surface area contributed by atoms with Crippen LogP contribution >= 0.6 is 0 Å². The molecular formula is C50H32N4. The normalized spacial score (nSPS) is 11.3. The van der Waals surface area contributed by atoms with Gasteiger partial charge in [0.1, 0.15) is 0 Å². The number of rotatable bonds is 6. The minimum absolute atomic E-state index is 0.665. The number of hydrogen-bond acceptors (Lipinski definition) is 4. The third-order valence-corrected chi connectivity index (χ3v) is 10.1. The van der Waals surface area contributed by atoms with E-state index in [2.05, 4.69) is 158 Å². The quantitative estimate of drug-likeness (QED) is 0.174. The van der Waals surface area contributed by atoms with E-state index < -0.39 is 0 Å². The van der Waals surface area contributed by atoms with E-state index >= 15 is 0 Å². The van der Waals surface area contributed by atoms with Gasteiger partial charge in [-0.15, -0.1) is 0 Å². The molecule has 0 fully saturated rings. The molecule has 252 valence electrons. The Balaban J connectivity index is 1.16. The van der Waals surface area contributed by atoms with Crippen LogP contribution in [0.4, 0.5) is 0 Å². The molecule has 0 amide bonds. The summed E-state index contributed by atoms with van der Waals surface area (Å²) in [5, 5.41) is 6.81. The SMILES string of the molecule is c1ccc(-c2cc(-c3ccc4ccccc4c3)nc(-c3cccc4c(-c5nc(-c6ccccc6)cc(-c6ccc7ccccc7c6)n5)cccc34)n2)cc1. The Morgan fingerprint density at radius 1 is 0.241 bits per heavy atom. The average molecular weight is 689 g/mol. The van der Waals surface area contributed by atoms with Gasteiger partial charge in [-0.1, -0.05) is 170 Å². The molecule has 10 aromatic rings. The van der Waals surface area contributed by atoms with Crippen LogP contribution in [-0.4, -0.2) is 19.9 Å². The monoisotopic (exact) mass is 688 g/mol. The standard InChI is InChI=1S/C50H32N4/c1-3-15-35(16-4-1)45-31-47(39-27-25-33-13-7-9-19-37(33)29-39)53-49(51-45)43-23-11-22-42-41(43)21-12-24-44(42)50-52-46(36-17-5-2-6-18-36)32-48(54-50)40-28-26-34-14-8-10-20-38(34)30-40/h1-32H. The number of benzene rings is 8. The van der Waals surface area contributed by atoms with Crippen molar-refractivity contribution in [1.82, 2.24) is 19.9 Å². The van der Waals surface area contributed by atoms with Crippen LogP contribution < -0.4 is 0 Å². The Kier molecular flexibility index (Phi) is 7.77. The first-order chi connectivity index (χ1) is 26.7. The molecule has 0 N–H and O–H groups in total. The maximum atomic E-state index is 5.25. The highest BCUT2D eigenvalue weighted by atomic mass is 14.9. The Bertz CT molecular complexity index is 2790. The van der Waals surface area contributed by atoms with Gasteiger partial charge in [0.2, 0.25) is 0 Å². The lowest BCUT2D eigenvalue weighted by Gasteiger charge is -2.14. The fourth-order valence-electron chi connectivity index (χ4n) is 7.34. The topological polar surface area (TPSA) is 51.6 Å². The van der Waals surface area contributed by atoms with Crippen molar-refractivity contribution in [1.29, 1.82) is 0 Å². The van der Waals surface area contributed by atoms with Crippen molar-refractivity contribution in [2.45, 2.75) is 0 Å². The Morgan fingerprint density at radius 3 is 1.04 bits per heavy atom. The maximum Gasteiger partial charge on any atom is 0.161 e. The lowest BCUT2D eigenvalue weighted by molar-refractivity contribution is 1.18. The van der Waals surface area contributed by atoms with Crippen LogP contribution in [0.15, 0.2) is 194 Å². The van der Waals surface area contributed by atoms with Crippen molar-refractivity contribution in [3.63, 3.8) is 0 Å². The second kappa shape index (κ2) is 13.4. The van der Waals surface area contributed by atoms with E-state index in [9.17, 15) is 0 Å². The minimum Gasteiger partial charge on any atom is -0.228 e. The molecule has 4 nitrogen and oxygen atoms in total. The first-order valence-corrected chi connectivity index (χ1v) is 18.1. The lowest BCUT2D eigenvalue weighted by Crippen LogP contribution is -1.98. The summed E-state index contributed by atoms with van der Waals surface area (Å²) in [6.07, 6.45) is 0. The summed E-state index contributed by atoms with van der Waals surface area (Å²) in [6, 6.07) is 67.4. The van der Waals surface area contributed by atoms with Crippen LogP contribution in [0.2, 0.25) is 0 Å². The fraction of sp³-hybridized carbons (Fsp3) is 0. The molecule has 2 heterocycles. The highest BCUT2D eigenvalue weighted by molar-refractivity contribution is 6.03. The lowest BCUT2D eigenvalue weighted by atomic mass is 9.98. The van der Waals surface area contributed by atoms with Crippen molar-refractivity contribution in [2.24, 2.45) is 0 Å². The van der Waals surface area contributed by atoms with Gasteiger partial charge >= 0.3 is 0 Å². The van der Waals surface area contributed by atoms with Crippen molar-refractivity contribution in [3.8, 4) is 67.8 Å². The molecule has 0 atom stereocenters. The number of nitrogens with zero attached hydrogens (tertiary/aromatic N) is 4. The molecule has 0 aliphatic heterocycles. The summed E-state index contributed by atoms with van der Waals surface area (Å²) in [6.45, 7) is 0. The number of fused-ring (bicyclic) bond motifs is 3. The maximum absolute atomic E-state index is 5.25. The zero-order valence-electron chi connectivity index (χ0n) is 29.3. The molecular weight excluding hydrogens is 657 g/mol. The van der Waals surface area contributed by atoms with Gasteiger partial charge in [0.25, 0.3) is 0 Å². The summed E-state index contributed by atoms with van der Waals surface area (Å²) in [5.74, 6) is 1.33. The average Bonchev–Trinajstić information content (AvgIpc) is 3.26. The van der Waals surface area contributed by atoms with E-state index in [1.165, 1.54) is 21.5 Å². The van der Waals surface area contributed by atoms with E-state index in [1.54, 1.807) is 0 Å². The molecule has 0 radical (unpaired) electrons. The van der Waals surface area contributed by atoms with E-state index in [0.29, 0.717) is 11.6 Å². The number of hydrogen-bond donors (Lipinski definition) is 0. The summed E-state index contributed by atoms with van der Waals surface area (Å²) in [7, 11) is 0. The third kappa shape index (κ3) is 5.86. The Labute approximate surface area is 313 Å². The molecule has 0 bridgehead atoms. The zero-order valence-corrected chi connectivity index (χ0v) is 29.3. The predicted octanol–water partition coefficient (Wildman–Crippen LogP) is 12.7. The summed E-state index contributed by atoms with van der Waals surface area (Å²) in [5.41, 5.74) is 9.55. The van der Waals surface area contributed by atoms with Crippen molar-refractivity contribution in [3.05, 3.63) is 194 Å².